The maximum absolute atomic E-state index is 5.85. The van der Waals surface area contributed by atoms with E-state index in [4.69, 9.17) is 4.74 Å². The van der Waals surface area contributed by atoms with E-state index in [-0.39, 0.29) is 33.9 Å². The van der Waals surface area contributed by atoms with Crippen molar-refractivity contribution in [3.63, 3.8) is 0 Å². The first-order valence-corrected chi connectivity index (χ1v) is 15.0. The standard InChI is InChI=1S/C19H18N4O.C18H14N4.CH4.Ir/c1-14-8-6-7-11-16(14)23-18-17(20-12-13-21-18)22(19(23)24-2)15-9-4-3-5-10-15;1-14-7-5-6-10-16(14)22-13-21(15-8-3-2-4-9-15)17-18(22)20-12-11-19-17;;/h3-13,19H,1-2H3;2-8,10-13H,1H3;1H4;/q;-2;;. The minimum atomic E-state index is -0.342. The van der Waals surface area contributed by atoms with Crippen LogP contribution in [-0.2, 0) is 24.8 Å². The summed E-state index contributed by atoms with van der Waals surface area (Å²) in [6, 6.07) is 37.7. The molecule has 0 bridgehead atoms. The molecule has 0 N–H and O–H groups in total. The van der Waals surface area contributed by atoms with Crippen LogP contribution in [0.5, 0.6) is 0 Å². The molecule has 4 heterocycles. The second-order valence-electron chi connectivity index (χ2n) is 10.7. The van der Waals surface area contributed by atoms with E-state index < -0.39 is 0 Å². The molecule has 4 aromatic carbocycles. The van der Waals surface area contributed by atoms with Gasteiger partial charge < -0.3 is 14.5 Å². The Morgan fingerprint density at radius 3 is 1.71 bits per heavy atom. The van der Waals surface area contributed by atoms with Gasteiger partial charge in [-0.1, -0.05) is 62.0 Å². The number of aryl methyl sites for hydroxylation is 2. The molecule has 0 saturated heterocycles. The summed E-state index contributed by atoms with van der Waals surface area (Å²) >= 11 is 0. The number of benzene rings is 4. The number of nitrogens with zero attached hydrogens (tertiary/aromatic N) is 8. The van der Waals surface area contributed by atoms with E-state index in [2.05, 4.69) is 78.8 Å². The van der Waals surface area contributed by atoms with Crippen LogP contribution in [0.1, 0.15) is 18.6 Å². The number of hydrogen-bond acceptors (Lipinski definition) is 9. The number of anilines is 8. The van der Waals surface area contributed by atoms with E-state index in [1.807, 2.05) is 90.4 Å². The van der Waals surface area contributed by atoms with Crippen molar-refractivity contribution >= 4 is 46.0 Å². The van der Waals surface area contributed by atoms with E-state index in [1.165, 1.54) is 5.56 Å². The predicted octanol–water partition coefficient (Wildman–Crippen LogP) is 8.63. The summed E-state index contributed by atoms with van der Waals surface area (Å²) in [7, 11) is 1.71. The van der Waals surface area contributed by atoms with E-state index in [0.29, 0.717) is 0 Å². The average molecular weight is 813 g/mol. The number of para-hydroxylation sites is 4. The molecule has 0 amide bonds. The van der Waals surface area contributed by atoms with Crippen LogP contribution in [0.25, 0.3) is 0 Å². The van der Waals surface area contributed by atoms with Crippen molar-refractivity contribution in [1.82, 2.24) is 19.9 Å². The number of rotatable bonds is 5. The van der Waals surface area contributed by atoms with Crippen molar-refractivity contribution in [3.8, 4) is 0 Å². The van der Waals surface area contributed by atoms with Gasteiger partial charge >= 0.3 is 0 Å². The number of fused-ring (bicyclic) bond motifs is 2. The quantitative estimate of drug-likeness (QED) is 0.159. The fraction of sp³-hybridized carbons (Fsp3) is 0.132. The zero-order valence-corrected chi connectivity index (χ0v) is 28.5. The fourth-order valence-electron chi connectivity index (χ4n) is 5.71. The van der Waals surface area contributed by atoms with Gasteiger partial charge in [0.2, 0.25) is 6.35 Å². The molecular weight excluding hydrogens is 777 g/mol. The molecule has 2 aromatic heterocycles. The molecule has 0 aliphatic carbocycles. The molecule has 1 radical (unpaired) electrons. The Morgan fingerprint density at radius 1 is 0.604 bits per heavy atom. The van der Waals surface area contributed by atoms with Gasteiger partial charge in [0, 0.05) is 69.1 Å². The normalized spacial score (nSPS) is 14.3. The average Bonchev–Trinajstić information content (AvgIpc) is 3.66. The molecule has 10 heteroatoms. The van der Waals surface area contributed by atoms with Crippen molar-refractivity contribution in [2.24, 2.45) is 0 Å². The third kappa shape index (κ3) is 6.38. The van der Waals surface area contributed by atoms with E-state index in [1.54, 1.807) is 31.9 Å². The van der Waals surface area contributed by atoms with E-state index >= 15 is 0 Å². The number of ether oxygens (including phenoxy) is 1. The van der Waals surface area contributed by atoms with Crippen LogP contribution >= 0.6 is 0 Å². The molecule has 48 heavy (non-hydrogen) atoms. The summed E-state index contributed by atoms with van der Waals surface area (Å²) in [4.78, 5) is 26.4. The molecule has 8 rings (SSSR count). The first-order chi connectivity index (χ1) is 22.7. The summed E-state index contributed by atoms with van der Waals surface area (Å²) in [5.74, 6) is 3.23. The van der Waals surface area contributed by atoms with Crippen molar-refractivity contribution in [3.05, 3.63) is 152 Å². The van der Waals surface area contributed by atoms with E-state index in [9.17, 15) is 0 Å². The van der Waals surface area contributed by atoms with Crippen LogP contribution in [0.2, 0.25) is 0 Å². The molecule has 1 atom stereocenters. The van der Waals surface area contributed by atoms with Crippen molar-refractivity contribution in [1.29, 1.82) is 0 Å². The summed E-state index contributed by atoms with van der Waals surface area (Å²) in [6.07, 6.45) is 6.51. The zero-order valence-electron chi connectivity index (χ0n) is 26.1. The minimum absolute atomic E-state index is 0. The van der Waals surface area contributed by atoms with Gasteiger partial charge in [0.15, 0.2) is 11.6 Å². The third-order valence-electron chi connectivity index (χ3n) is 7.85. The largest absolute Gasteiger partial charge is 0.477 e. The first kappa shape index (κ1) is 34.2. The van der Waals surface area contributed by atoms with Crippen LogP contribution in [0, 0.1) is 26.6 Å². The molecule has 1 unspecified atom stereocenters. The van der Waals surface area contributed by atoms with Gasteiger partial charge in [-0.05, 0) is 49.2 Å². The Balaban J connectivity index is 0.000000181. The fourth-order valence-corrected chi connectivity index (χ4v) is 5.71. The van der Waals surface area contributed by atoms with Gasteiger partial charge in [-0.3, -0.25) is 9.80 Å². The third-order valence-corrected chi connectivity index (χ3v) is 7.85. The van der Waals surface area contributed by atoms with Crippen LogP contribution in [0.15, 0.2) is 128 Å². The number of methoxy groups -OCH3 is 1. The molecule has 9 nitrogen and oxygen atoms in total. The van der Waals surface area contributed by atoms with E-state index in [0.717, 1.165) is 51.6 Å². The Hall–Kier alpha value is -5.15. The topological polar surface area (TPSA) is 73.8 Å². The summed E-state index contributed by atoms with van der Waals surface area (Å²) in [6.45, 7) is 6.19. The molecule has 0 fully saturated rings. The van der Waals surface area contributed by atoms with Gasteiger partial charge in [0.25, 0.3) is 0 Å². The van der Waals surface area contributed by atoms with Crippen molar-refractivity contribution in [2.45, 2.75) is 27.6 Å². The zero-order chi connectivity index (χ0) is 31.5. The van der Waals surface area contributed by atoms with Gasteiger partial charge in [0.1, 0.15) is 11.6 Å². The molecule has 6 aromatic rings. The molecule has 245 valence electrons. The van der Waals surface area contributed by atoms with Crippen LogP contribution < -0.4 is 19.6 Å². The van der Waals surface area contributed by atoms with Crippen LogP contribution in [0.4, 0.5) is 46.0 Å². The predicted molar refractivity (Wildman–Crippen MR) is 189 cm³/mol. The second-order valence-corrected chi connectivity index (χ2v) is 10.7. The first-order valence-electron chi connectivity index (χ1n) is 15.0. The molecule has 0 saturated carbocycles. The maximum atomic E-state index is 5.85. The number of aromatic nitrogens is 4. The molecule has 2 aliphatic rings. The Kier molecular flexibility index (Phi) is 10.8. The Labute approximate surface area is 295 Å². The van der Waals surface area contributed by atoms with Crippen molar-refractivity contribution in [2.75, 3.05) is 26.7 Å². The maximum Gasteiger partial charge on any atom is 0.221 e. The van der Waals surface area contributed by atoms with Gasteiger partial charge in [-0.25, -0.2) is 19.9 Å². The monoisotopic (exact) mass is 813 g/mol. The van der Waals surface area contributed by atoms with Crippen LogP contribution in [0.3, 0.4) is 0 Å². The van der Waals surface area contributed by atoms with Gasteiger partial charge in [-0.2, -0.15) is 30.3 Å². The minimum Gasteiger partial charge on any atom is -0.477 e. The molecule has 0 spiro atoms. The summed E-state index contributed by atoms with van der Waals surface area (Å²) in [5.41, 5.74) is 6.47. The smallest absolute Gasteiger partial charge is 0.221 e. The Morgan fingerprint density at radius 2 is 1.12 bits per heavy atom. The Bertz CT molecular complexity index is 1940. The molecule has 2 aliphatic heterocycles. The summed E-state index contributed by atoms with van der Waals surface area (Å²) in [5, 5.41) is 0. The van der Waals surface area contributed by atoms with Gasteiger partial charge in [0.05, 0.1) is 0 Å². The summed E-state index contributed by atoms with van der Waals surface area (Å²) < 4.78 is 5.85. The molecular formula is C38H36IrN8O-2. The SMILES string of the molecule is C.COC1N(c2ccccc2)c2nccnc2N1c1ccccc1C.Cc1ccccc1N1[CH-]N(c2[c-]cccc2)c2nccnc21.[Ir]. The van der Waals surface area contributed by atoms with Crippen molar-refractivity contribution < 1.29 is 24.8 Å². The number of hydrogen-bond donors (Lipinski definition) is 0. The van der Waals surface area contributed by atoms with Crippen LogP contribution in [-0.4, -0.2) is 33.4 Å². The second kappa shape index (κ2) is 15.2. The van der Waals surface area contributed by atoms with Gasteiger partial charge in [-0.15, -0.1) is 12.4 Å².